The average molecular weight is 751 g/mol. The summed E-state index contributed by atoms with van der Waals surface area (Å²) in [5.74, 6) is 0.807. The molecule has 6 nitrogen and oxygen atoms in total. The van der Waals surface area contributed by atoms with Crippen LogP contribution in [0.4, 0.5) is 0 Å². The minimum atomic E-state index is -0.760. The molecule has 2 atom stereocenters. The van der Waals surface area contributed by atoms with Crippen molar-refractivity contribution in [3.05, 3.63) is 0 Å². The molecular formula is C47H90O6. The predicted molar refractivity (Wildman–Crippen MR) is 224 cm³/mol. The van der Waals surface area contributed by atoms with Gasteiger partial charge in [0, 0.05) is 19.3 Å². The molecule has 0 radical (unpaired) electrons. The van der Waals surface area contributed by atoms with Crippen LogP contribution in [0.3, 0.4) is 0 Å². The van der Waals surface area contributed by atoms with Gasteiger partial charge in [-0.05, 0) is 31.1 Å². The topological polar surface area (TPSA) is 78.9 Å². The summed E-state index contributed by atoms with van der Waals surface area (Å²) in [7, 11) is 0. The van der Waals surface area contributed by atoms with E-state index >= 15 is 0 Å². The molecule has 0 bridgehead atoms. The first kappa shape index (κ1) is 51.4. The number of esters is 3. The third kappa shape index (κ3) is 39.9. The van der Waals surface area contributed by atoms with Crippen LogP contribution in [0.5, 0.6) is 0 Å². The first-order valence-corrected chi connectivity index (χ1v) is 23.3. The van der Waals surface area contributed by atoms with Crippen molar-refractivity contribution < 1.29 is 28.6 Å². The lowest BCUT2D eigenvalue weighted by Crippen LogP contribution is -2.30. The zero-order valence-corrected chi connectivity index (χ0v) is 36.1. The molecule has 1 unspecified atom stereocenters. The quantitative estimate of drug-likeness (QED) is 0.0352. The van der Waals surface area contributed by atoms with Crippen molar-refractivity contribution in [2.45, 2.75) is 259 Å². The van der Waals surface area contributed by atoms with Gasteiger partial charge in [0.15, 0.2) is 6.10 Å². The number of hydrogen-bond acceptors (Lipinski definition) is 6. The molecule has 53 heavy (non-hydrogen) atoms. The number of carbonyl (C=O) groups is 3. The van der Waals surface area contributed by atoms with Gasteiger partial charge in [0.25, 0.3) is 0 Å². The number of ether oxygens (including phenoxy) is 3. The zero-order valence-electron chi connectivity index (χ0n) is 36.1. The predicted octanol–water partition coefficient (Wildman–Crippen LogP) is 14.6. The summed E-state index contributed by atoms with van der Waals surface area (Å²) >= 11 is 0. The number of unbranched alkanes of at least 4 members (excludes halogenated alkanes) is 25. The van der Waals surface area contributed by atoms with E-state index in [2.05, 4.69) is 34.6 Å². The van der Waals surface area contributed by atoms with E-state index in [9.17, 15) is 14.4 Å². The van der Waals surface area contributed by atoms with Gasteiger partial charge in [-0.3, -0.25) is 14.4 Å². The van der Waals surface area contributed by atoms with Crippen LogP contribution in [0.25, 0.3) is 0 Å². The Morgan fingerprint density at radius 3 is 1.08 bits per heavy atom. The molecule has 0 heterocycles. The lowest BCUT2D eigenvalue weighted by molar-refractivity contribution is -0.167. The Bertz CT molecular complexity index is 811. The van der Waals surface area contributed by atoms with Gasteiger partial charge >= 0.3 is 17.9 Å². The van der Waals surface area contributed by atoms with Crippen molar-refractivity contribution in [3.63, 3.8) is 0 Å². The minimum Gasteiger partial charge on any atom is -0.462 e. The minimum absolute atomic E-state index is 0.0651. The average Bonchev–Trinajstić information content (AvgIpc) is 3.14. The molecule has 0 spiro atoms. The molecule has 0 amide bonds. The largest absolute Gasteiger partial charge is 0.462 e. The van der Waals surface area contributed by atoms with Crippen LogP contribution in [0, 0.1) is 11.8 Å². The van der Waals surface area contributed by atoms with Crippen molar-refractivity contribution in [1.29, 1.82) is 0 Å². The van der Waals surface area contributed by atoms with Crippen LogP contribution >= 0.6 is 0 Å². The van der Waals surface area contributed by atoms with Gasteiger partial charge in [-0.1, -0.05) is 214 Å². The smallest absolute Gasteiger partial charge is 0.306 e. The molecule has 0 aromatic carbocycles. The van der Waals surface area contributed by atoms with Gasteiger partial charge in [-0.15, -0.1) is 0 Å². The SMILES string of the molecule is CCCCCCCCCCCCC(=O)O[C@H](COC(=O)CCCCCCCCCCCCC(C)CC)COC(=O)CCCCCCCCCCC(C)C. The second-order valence-electron chi connectivity index (χ2n) is 16.8. The molecular weight excluding hydrogens is 661 g/mol. The monoisotopic (exact) mass is 751 g/mol. The molecule has 0 aromatic rings. The maximum absolute atomic E-state index is 12.7. The molecule has 0 N–H and O–H groups in total. The molecule has 0 aliphatic rings. The third-order valence-corrected chi connectivity index (χ3v) is 10.8. The van der Waals surface area contributed by atoms with Crippen LogP contribution in [0.2, 0.25) is 0 Å². The van der Waals surface area contributed by atoms with Crippen LogP contribution in [-0.4, -0.2) is 37.2 Å². The highest BCUT2D eigenvalue weighted by atomic mass is 16.6. The van der Waals surface area contributed by atoms with Crippen LogP contribution < -0.4 is 0 Å². The van der Waals surface area contributed by atoms with E-state index in [1.54, 1.807) is 0 Å². The van der Waals surface area contributed by atoms with Gasteiger partial charge in [0.05, 0.1) is 0 Å². The van der Waals surface area contributed by atoms with Gasteiger partial charge in [-0.2, -0.15) is 0 Å². The standard InChI is InChI=1S/C47H90O6/c1-6-8-9-10-11-12-16-24-29-34-39-47(50)53-44(41-52-46(49)38-33-28-23-19-18-20-25-30-35-42(3)4)40-51-45(48)37-32-27-22-17-14-13-15-21-26-31-36-43(5)7-2/h42-44H,6-41H2,1-5H3/t43?,44-/m1/s1. The van der Waals surface area contributed by atoms with Gasteiger partial charge in [0.2, 0.25) is 0 Å². The van der Waals surface area contributed by atoms with Crippen molar-refractivity contribution in [2.24, 2.45) is 11.8 Å². The highest BCUT2D eigenvalue weighted by Gasteiger charge is 2.19. The van der Waals surface area contributed by atoms with Crippen LogP contribution in [0.15, 0.2) is 0 Å². The Morgan fingerprint density at radius 1 is 0.396 bits per heavy atom. The Kier molecular flexibility index (Phi) is 38.9. The zero-order chi connectivity index (χ0) is 39.0. The summed E-state index contributed by atoms with van der Waals surface area (Å²) in [6, 6.07) is 0. The molecule has 0 rings (SSSR count). The number of carbonyl (C=O) groups excluding carboxylic acids is 3. The van der Waals surface area contributed by atoms with Crippen molar-refractivity contribution in [3.8, 4) is 0 Å². The van der Waals surface area contributed by atoms with E-state index < -0.39 is 6.10 Å². The molecule has 0 saturated heterocycles. The molecule has 0 aliphatic carbocycles. The molecule has 314 valence electrons. The fourth-order valence-electron chi connectivity index (χ4n) is 6.90. The lowest BCUT2D eigenvalue weighted by Gasteiger charge is -2.18. The van der Waals surface area contributed by atoms with Crippen LogP contribution in [-0.2, 0) is 28.6 Å². The van der Waals surface area contributed by atoms with Gasteiger partial charge < -0.3 is 14.2 Å². The summed E-state index contributed by atoms with van der Waals surface area (Å²) in [5, 5.41) is 0. The van der Waals surface area contributed by atoms with E-state index in [4.69, 9.17) is 14.2 Å². The third-order valence-electron chi connectivity index (χ3n) is 10.8. The maximum Gasteiger partial charge on any atom is 0.306 e. The molecule has 6 heteroatoms. The summed E-state index contributed by atoms with van der Waals surface area (Å²) in [4.78, 5) is 37.7. The normalized spacial score (nSPS) is 12.6. The van der Waals surface area contributed by atoms with Gasteiger partial charge in [-0.25, -0.2) is 0 Å². The molecule has 0 aromatic heterocycles. The second kappa shape index (κ2) is 40.1. The Labute approximate surface area is 329 Å². The summed E-state index contributed by atoms with van der Waals surface area (Å²) in [6.07, 6.45) is 38.0. The van der Waals surface area contributed by atoms with E-state index in [-0.39, 0.29) is 31.1 Å². The van der Waals surface area contributed by atoms with E-state index in [1.807, 2.05) is 0 Å². The Hall–Kier alpha value is -1.59. The fourth-order valence-corrected chi connectivity index (χ4v) is 6.90. The molecule has 0 fully saturated rings. The van der Waals surface area contributed by atoms with Crippen molar-refractivity contribution in [1.82, 2.24) is 0 Å². The number of rotatable bonds is 41. The summed E-state index contributed by atoms with van der Waals surface area (Å²) in [6.45, 7) is 11.3. The molecule has 0 aliphatic heterocycles. The Morgan fingerprint density at radius 2 is 0.717 bits per heavy atom. The Balaban J connectivity index is 4.32. The fraction of sp³-hybridized carbons (Fsp3) is 0.936. The first-order valence-electron chi connectivity index (χ1n) is 23.3. The van der Waals surface area contributed by atoms with Crippen molar-refractivity contribution in [2.75, 3.05) is 13.2 Å². The molecule has 0 saturated carbocycles. The maximum atomic E-state index is 12.7. The van der Waals surface area contributed by atoms with Crippen molar-refractivity contribution >= 4 is 17.9 Å². The van der Waals surface area contributed by atoms with E-state index in [0.717, 1.165) is 69.6 Å². The highest BCUT2D eigenvalue weighted by Crippen LogP contribution is 2.17. The van der Waals surface area contributed by atoms with Crippen LogP contribution in [0.1, 0.15) is 253 Å². The highest BCUT2D eigenvalue weighted by molar-refractivity contribution is 5.71. The summed E-state index contributed by atoms with van der Waals surface area (Å²) < 4.78 is 16.7. The van der Waals surface area contributed by atoms with E-state index in [0.29, 0.717) is 19.3 Å². The number of hydrogen-bond donors (Lipinski definition) is 0. The van der Waals surface area contributed by atoms with Gasteiger partial charge in [0.1, 0.15) is 13.2 Å². The van der Waals surface area contributed by atoms with E-state index in [1.165, 1.54) is 141 Å². The first-order chi connectivity index (χ1) is 25.8. The summed E-state index contributed by atoms with van der Waals surface area (Å²) in [5.41, 5.74) is 0. The second-order valence-corrected chi connectivity index (χ2v) is 16.8. The lowest BCUT2D eigenvalue weighted by atomic mass is 9.99.